The SMILES string of the molecule is [CH2-]C(=O)[CH-][C-]=O.[Na+].[W].[Y]. The minimum Gasteiger partial charge on any atom is -0.481 e. The van der Waals surface area contributed by atoms with E-state index in [0.29, 0.717) is 0 Å². The molecule has 0 fully saturated rings. The molecule has 0 rings (SSSR count). The van der Waals surface area contributed by atoms with Crippen LogP contribution in [0.25, 0.3) is 0 Å². The van der Waals surface area contributed by atoms with E-state index in [-0.39, 0.29) is 83.3 Å². The molecule has 0 aliphatic rings. The maximum Gasteiger partial charge on any atom is 1.00 e. The molecule has 0 aliphatic heterocycles. The van der Waals surface area contributed by atoms with Crippen LogP contribution in [0.1, 0.15) is 0 Å². The number of carbonyl (C=O) groups excluding carboxylic acids is 2. The Hall–Kier alpha value is 1.87. The van der Waals surface area contributed by atoms with E-state index in [4.69, 9.17) is 0 Å². The summed E-state index contributed by atoms with van der Waals surface area (Å²) in [5.41, 5.74) is 0. The zero-order valence-corrected chi connectivity index (χ0v) is 12.9. The van der Waals surface area contributed by atoms with Crippen molar-refractivity contribution >= 4 is 12.1 Å². The summed E-state index contributed by atoms with van der Waals surface area (Å²) in [6, 6.07) is 0. The maximum absolute atomic E-state index is 9.61. The number of ketones is 1. The second kappa shape index (κ2) is 16.5. The number of hydrogen-bond acceptors (Lipinski definition) is 2. The first-order valence-corrected chi connectivity index (χ1v) is 1.34. The summed E-state index contributed by atoms with van der Waals surface area (Å²) in [7, 11) is 0. The van der Waals surface area contributed by atoms with Gasteiger partial charge in [0.15, 0.2) is 0 Å². The first-order valence-electron chi connectivity index (χ1n) is 1.34. The fourth-order valence-corrected chi connectivity index (χ4v) is 0.0657. The van der Waals surface area contributed by atoms with Crippen molar-refractivity contribution in [3.8, 4) is 0 Å². The largest absolute Gasteiger partial charge is 1.00 e. The van der Waals surface area contributed by atoms with Crippen LogP contribution >= 0.6 is 0 Å². The third-order valence-corrected chi connectivity index (χ3v) is 0.220. The van der Waals surface area contributed by atoms with Crippen molar-refractivity contribution in [3.05, 3.63) is 13.3 Å². The molecule has 0 aromatic rings. The predicted octanol–water partition coefficient (Wildman–Crippen LogP) is -3.30. The Labute approximate surface area is 116 Å². The zero-order chi connectivity index (χ0) is 4.99. The molecule has 1 radical (unpaired) electrons. The van der Waals surface area contributed by atoms with Crippen molar-refractivity contribution in [2.75, 3.05) is 0 Å². The summed E-state index contributed by atoms with van der Waals surface area (Å²) in [5.74, 6) is -0.509. The quantitative estimate of drug-likeness (QED) is 0.287. The summed E-state index contributed by atoms with van der Waals surface area (Å²) < 4.78 is 0. The van der Waals surface area contributed by atoms with Crippen LogP contribution in [-0.4, -0.2) is 12.1 Å². The van der Waals surface area contributed by atoms with E-state index >= 15 is 0 Å². The maximum atomic E-state index is 9.61. The Morgan fingerprint density at radius 1 is 1.56 bits per heavy atom. The summed E-state index contributed by atoms with van der Waals surface area (Å²) in [5, 5.41) is 0. The molecule has 0 aromatic carbocycles. The van der Waals surface area contributed by atoms with Crippen LogP contribution in [0.4, 0.5) is 0 Å². The van der Waals surface area contributed by atoms with Gasteiger partial charge in [0.1, 0.15) is 0 Å². The van der Waals surface area contributed by atoms with Gasteiger partial charge in [0, 0.05) is 53.8 Å². The molecule has 0 N–H and O–H groups in total. The molecule has 0 saturated heterocycles. The Bertz CT molecular complexity index is 79.0. The molecule has 0 heterocycles. The van der Waals surface area contributed by atoms with E-state index in [1.54, 1.807) is 0 Å². The molecule has 9 heavy (non-hydrogen) atoms. The minimum absolute atomic E-state index is 0. The van der Waals surface area contributed by atoms with Crippen molar-refractivity contribution in [2.24, 2.45) is 0 Å². The van der Waals surface area contributed by atoms with Crippen LogP contribution in [0.5, 0.6) is 0 Å². The molecular formula is C4H3NaO2WY-2. The van der Waals surface area contributed by atoms with Crippen LogP contribution in [0.2, 0.25) is 0 Å². The van der Waals surface area contributed by atoms with Gasteiger partial charge in [0.05, 0.1) is 0 Å². The van der Waals surface area contributed by atoms with Crippen molar-refractivity contribution in [1.82, 2.24) is 0 Å². The van der Waals surface area contributed by atoms with Gasteiger partial charge >= 0.3 is 29.6 Å². The molecule has 0 aliphatic carbocycles. The van der Waals surface area contributed by atoms with Gasteiger partial charge in [0.2, 0.25) is 0 Å². The first-order chi connectivity index (χ1) is 2.77. The van der Waals surface area contributed by atoms with Crippen LogP contribution in [0.15, 0.2) is 0 Å². The normalized spacial score (nSPS) is 4.44. The third kappa shape index (κ3) is 25.8. The summed E-state index contributed by atoms with van der Waals surface area (Å²) in [6.07, 6.45) is 2.02. The predicted molar refractivity (Wildman–Crippen MR) is 20.4 cm³/mol. The van der Waals surface area contributed by atoms with Gasteiger partial charge in [-0.1, -0.05) is 0 Å². The molecular weight excluding hydrogens is 376 g/mol. The van der Waals surface area contributed by atoms with E-state index in [9.17, 15) is 9.59 Å². The molecule has 0 saturated carbocycles. The summed E-state index contributed by atoms with van der Waals surface area (Å²) in [4.78, 5) is 18.8. The summed E-state index contributed by atoms with van der Waals surface area (Å²) in [6.45, 7) is 2.87. The standard InChI is InChI=1S/C4H3O2.Na.W.Y/c1-4(6)2-3-5;;;/h2H,1H2;;;/q-3;+1;;. The second-order valence-corrected chi connectivity index (χ2v) is 0.729. The van der Waals surface area contributed by atoms with Gasteiger partial charge in [0.25, 0.3) is 0 Å². The zero-order valence-electron chi connectivity index (χ0n) is 5.09. The van der Waals surface area contributed by atoms with Gasteiger partial charge < -0.3 is 22.9 Å². The van der Waals surface area contributed by atoms with Gasteiger partial charge in [-0.05, 0) is 0 Å². The molecule has 0 atom stereocenters. The van der Waals surface area contributed by atoms with E-state index in [0.717, 1.165) is 6.42 Å². The van der Waals surface area contributed by atoms with Gasteiger partial charge in [-0.3, -0.25) is 5.78 Å². The van der Waals surface area contributed by atoms with Crippen LogP contribution in [0.3, 0.4) is 0 Å². The Balaban J connectivity index is -0.0000000417. The average Bonchev–Trinajstić information content (AvgIpc) is 1.35. The average molecular weight is 379 g/mol. The molecule has 0 unspecified atom stereocenters. The molecule has 0 bridgehead atoms. The monoisotopic (exact) mass is 379 g/mol. The minimum atomic E-state index is -0.509. The topological polar surface area (TPSA) is 34.1 Å². The molecule has 43 valence electrons. The molecule has 0 aromatic heterocycles. The van der Waals surface area contributed by atoms with Crippen molar-refractivity contribution in [3.63, 3.8) is 0 Å². The van der Waals surface area contributed by atoms with E-state index < -0.39 is 5.78 Å². The number of carbonyl (C=O) groups is 1. The first kappa shape index (κ1) is 22.4. The molecule has 2 nitrogen and oxygen atoms in total. The Morgan fingerprint density at radius 3 is 1.89 bits per heavy atom. The second-order valence-electron chi connectivity index (χ2n) is 0.729. The van der Waals surface area contributed by atoms with Crippen molar-refractivity contribution in [1.29, 1.82) is 0 Å². The third-order valence-electron chi connectivity index (χ3n) is 0.220. The summed E-state index contributed by atoms with van der Waals surface area (Å²) >= 11 is 0. The van der Waals surface area contributed by atoms with Gasteiger partial charge in [-0.25, -0.2) is 6.29 Å². The number of rotatable bonds is 2. The fourth-order valence-electron chi connectivity index (χ4n) is 0.0657. The van der Waals surface area contributed by atoms with E-state index in [1.165, 1.54) is 6.29 Å². The van der Waals surface area contributed by atoms with E-state index in [1.807, 2.05) is 0 Å². The Kier molecular flexibility index (Phi) is 41.0. The molecule has 0 spiro atoms. The van der Waals surface area contributed by atoms with Gasteiger partial charge in [-0.2, -0.15) is 0 Å². The molecule has 5 heteroatoms. The van der Waals surface area contributed by atoms with Crippen LogP contribution in [-0.2, 0) is 63.4 Å². The van der Waals surface area contributed by atoms with Crippen LogP contribution < -0.4 is 29.6 Å². The fraction of sp³-hybridized carbons (Fsp3) is 0. The van der Waals surface area contributed by atoms with E-state index in [2.05, 4.69) is 6.92 Å². The smallest absolute Gasteiger partial charge is 0.481 e. The van der Waals surface area contributed by atoms with Crippen molar-refractivity contribution < 1.29 is 92.9 Å². The van der Waals surface area contributed by atoms with Gasteiger partial charge in [-0.15, -0.1) is 0 Å². The number of Topliss-reactive ketones (excluding diaryl/α,β-unsaturated/α-hetero) is 1. The van der Waals surface area contributed by atoms with Crippen LogP contribution in [0, 0.1) is 13.3 Å². The number of hydrogen-bond donors (Lipinski definition) is 0. The Morgan fingerprint density at radius 2 is 1.89 bits per heavy atom. The van der Waals surface area contributed by atoms with Crippen molar-refractivity contribution in [2.45, 2.75) is 0 Å². The molecule has 0 amide bonds.